The lowest BCUT2D eigenvalue weighted by Crippen LogP contribution is -2.15. The average Bonchev–Trinajstić information content (AvgIpc) is 2.69. The molecule has 2 rings (SSSR count). The second-order valence-electron chi connectivity index (χ2n) is 5.41. The molecule has 0 saturated heterocycles. The van der Waals surface area contributed by atoms with Crippen LogP contribution in [0.3, 0.4) is 0 Å². The number of carbonyl (C=O) groups is 2. The highest BCUT2D eigenvalue weighted by atomic mass is 35.5. The summed E-state index contributed by atoms with van der Waals surface area (Å²) in [5.41, 5.74) is 1.15. The van der Waals surface area contributed by atoms with Gasteiger partial charge in [-0.15, -0.1) is 0 Å². The summed E-state index contributed by atoms with van der Waals surface area (Å²) in [5, 5.41) is 15.2. The van der Waals surface area contributed by atoms with E-state index in [0.29, 0.717) is 27.7 Å². The maximum absolute atomic E-state index is 12.3. The molecule has 0 aromatic heterocycles. The van der Waals surface area contributed by atoms with Gasteiger partial charge >= 0.3 is 5.97 Å². The van der Waals surface area contributed by atoms with E-state index in [4.69, 9.17) is 21.1 Å². The normalized spacial score (nSPS) is 10.6. The number of esters is 1. The number of nitrogens with zero attached hydrogens (tertiary/aromatic N) is 1. The Balaban J connectivity index is 2.09. The molecular weight excluding hydrogens is 382 g/mol. The van der Waals surface area contributed by atoms with Gasteiger partial charge < -0.3 is 20.1 Å². The van der Waals surface area contributed by atoms with Crippen LogP contribution in [0.15, 0.2) is 54.2 Å². The number of ether oxygens (including phenoxy) is 2. The minimum atomic E-state index is -0.611. The Morgan fingerprint density at radius 3 is 2.54 bits per heavy atom. The molecule has 0 radical (unpaired) electrons. The van der Waals surface area contributed by atoms with E-state index in [0.717, 1.165) is 0 Å². The Hall–Kier alpha value is -3.50. The molecule has 144 valence electrons. The first-order valence-electron chi connectivity index (χ1n) is 8.27. The molecule has 0 unspecified atom stereocenters. The minimum Gasteiger partial charge on any atom is -0.495 e. The van der Waals surface area contributed by atoms with Gasteiger partial charge in [-0.25, -0.2) is 4.79 Å². The molecule has 0 aliphatic rings. The molecular formula is C20H18ClN3O4. The van der Waals surface area contributed by atoms with Gasteiger partial charge in [0.2, 0.25) is 0 Å². The fraction of sp³-hybridized carbons (Fsp3) is 0.150. The highest BCUT2D eigenvalue weighted by Gasteiger charge is 2.11. The van der Waals surface area contributed by atoms with Gasteiger partial charge in [0, 0.05) is 16.9 Å². The molecule has 0 aliphatic carbocycles. The summed E-state index contributed by atoms with van der Waals surface area (Å²) >= 11 is 5.95. The Kier molecular flexibility index (Phi) is 7.43. The van der Waals surface area contributed by atoms with Crippen molar-refractivity contribution in [2.45, 2.75) is 6.92 Å². The summed E-state index contributed by atoms with van der Waals surface area (Å²) in [6, 6.07) is 12.9. The lowest BCUT2D eigenvalue weighted by atomic mass is 10.2. The van der Waals surface area contributed by atoms with E-state index >= 15 is 0 Å². The Morgan fingerprint density at radius 2 is 1.93 bits per heavy atom. The topological polar surface area (TPSA) is 100 Å². The molecule has 7 nitrogen and oxygen atoms in total. The number of hydrogen-bond donors (Lipinski definition) is 2. The maximum Gasteiger partial charge on any atom is 0.338 e. The van der Waals surface area contributed by atoms with Crippen molar-refractivity contribution in [3.63, 3.8) is 0 Å². The molecule has 0 fully saturated rings. The number of nitrogens with one attached hydrogen (secondary N) is 2. The Bertz CT molecular complexity index is 933. The molecule has 8 heteroatoms. The molecule has 0 saturated carbocycles. The van der Waals surface area contributed by atoms with Crippen LogP contribution in [0.25, 0.3) is 0 Å². The minimum absolute atomic E-state index is 0.156. The number of methoxy groups -OCH3 is 1. The van der Waals surface area contributed by atoms with Gasteiger partial charge in [0.15, 0.2) is 0 Å². The van der Waals surface area contributed by atoms with Gasteiger partial charge in [-0.1, -0.05) is 11.6 Å². The van der Waals surface area contributed by atoms with Crippen LogP contribution in [0.4, 0.5) is 11.4 Å². The first kappa shape index (κ1) is 20.8. The fourth-order valence-corrected chi connectivity index (χ4v) is 2.37. The van der Waals surface area contributed by atoms with Crippen molar-refractivity contribution in [2.75, 3.05) is 24.4 Å². The number of nitriles is 1. The highest BCUT2D eigenvalue weighted by Crippen LogP contribution is 2.27. The molecule has 2 aromatic rings. The van der Waals surface area contributed by atoms with Gasteiger partial charge in [0.1, 0.15) is 17.4 Å². The van der Waals surface area contributed by atoms with Crippen LogP contribution in [0.5, 0.6) is 5.75 Å². The largest absolute Gasteiger partial charge is 0.495 e. The van der Waals surface area contributed by atoms with Crippen molar-refractivity contribution < 1.29 is 19.1 Å². The second kappa shape index (κ2) is 10.00. The number of carbonyl (C=O) groups excluding carboxylic acids is 2. The summed E-state index contributed by atoms with van der Waals surface area (Å²) < 4.78 is 10.1. The summed E-state index contributed by atoms with van der Waals surface area (Å²) in [7, 11) is 1.50. The molecule has 0 spiro atoms. The SMILES string of the molecule is CCOC(=O)c1ccc(NC(=O)/C(C#N)=C\Nc2cc(Cl)ccc2OC)cc1. The molecule has 28 heavy (non-hydrogen) atoms. The Labute approximate surface area is 167 Å². The summed E-state index contributed by atoms with van der Waals surface area (Å²) in [6.45, 7) is 1.99. The van der Waals surface area contributed by atoms with Crippen molar-refractivity contribution in [3.05, 3.63) is 64.8 Å². The van der Waals surface area contributed by atoms with E-state index in [9.17, 15) is 14.9 Å². The van der Waals surface area contributed by atoms with Gasteiger partial charge in [0.05, 0.1) is 25.0 Å². The molecule has 0 bridgehead atoms. The number of halogens is 1. The Morgan fingerprint density at radius 1 is 1.21 bits per heavy atom. The third-order valence-corrected chi connectivity index (χ3v) is 3.79. The zero-order valence-corrected chi connectivity index (χ0v) is 16.0. The third kappa shape index (κ3) is 5.50. The van der Waals surface area contributed by atoms with Crippen LogP contribution in [0.2, 0.25) is 5.02 Å². The number of hydrogen-bond acceptors (Lipinski definition) is 6. The maximum atomic E-state index is 12.3. The van der Waals surface area contributed by atoms with E-state index in [2.05, 4.69) is 10.6 Å². The quantitative estimate of drug-likeness (QED) is 0.415. The zero-order chi connectivity index (χ0) is 20.5. The second-order valence-corrected chi connectivity index (χ2v) is 5.85. The van der Waals surface area contributed by atoms with Crippen LogP contribution in [-0.4, -0.2) is 25.6 Å². The van der Waals surface area contributed by atoms with Crippen molar-refractivity contribution in [1.82, 2.24) is 0 Å². The van der Waals surface area contributed by atoms with Gasteiger partial charge in [0.25, 0.3) is 5.91 Å². The average molecular weight is 400 g/mol. The van der Waals surface area contributed by atoms with Crippen molar-refractivity contribution in [3.8, 4) is 11.8 Å². The number of benzene rings is 2. The monoisotopic (exact) mass is 399 g/mol. The molecule has 0 atom stereocenters. The first-order valence-corrected chi connectivity index (χ1v) is 8.65. The molecule has 0 heterocycles. The van der Waals surface area contributed by atoms with E-state index in [1.165, 1.54) is 25.4 Å². The van der Waals surface area contributed by atoms with Crippen LogP contribution < -0.4 is 15.4 Å². The number of amides is 1. The molecule has 0 aliphatic heterocycles. The highest BCUT2D eigenvalue weighted by molar-refractivity contribution is 6.31. The summed E-state index contributed by atoms with van der Waals surface area (Å²) in [5.74, 6) is -0.551. The van der Waals surface area contributed by atoms with Crippen molar-refractivity contribution in [2.24, 2.45) is 0 Å². The fourth-order valence-electron chi connectivity index (χ4n) is 2.19. The lowest BCUT2D eigenvalue weighted by molar-refractivity contribution is -0.112. The summed E-state index contributed by atoms with van der Waals surface area (Å²) in [6.07, 6.45) is 1.26. The zero-order valence-electron chi connectivity index (χ0n) is 15.3. The predicted molar refractivity (Wildman–Crippen MR) is 106 cm³/mol. The summed E-state index contributed by atoms with van der Waals surface area (Å²) in [4.78, 5) is 24.0. The smallest absolute Gasteiger partial charge is 0.338 e. The van der Waals surface area contributed by atoms with Crippen molar-refractivity contribution >= 4 is 34.9 Å². The standard InChI is InChI=1S/C20H18ClN3O4/c1-3-28-20(26)13-4-7-16(8-5-13)24-19(25)14(11-22)12-23-17-10-15(21)6-9-18(17)27-2/h4-10,12,23H,3H2,1-2H3,(H,24,25)/b14-12-. The van der Waals surface area contributed by atoms with E-state index in [-0.39, 0.29) is 12.2 Å². The van der Waals surface area contributed by atoms with Gasteiger partial charge in [-0.3, -0.25) is 4.79 Å². The van der Waals surface area contributed by atoms with E-state index in [1.54, 1.807) is 37.3 Å². The van der Waals surface area contributed by atoms with E-state index < -0.39 is 11.9 Å². The first-order chi connectivity index (χ1) is 13.5. The lowest BCUT2D eigenvalue weighted by Gasteiger charge is -2.09. The van der Waals surface area contributed by atoms with Gasteiger partial charge in [-0.05, 0) is 49.4 Å². The third-order valence-electron chi connectivity index (χ3n) is 3.55. The predicted octanol–water partition coefficient (Wildman–Crippen LogP) is 3.98. The van der Waals surface area contributed by atoms with E-state index in [1.807, 2.05) is 6.07 Å². The molecule has 1 amide bonds. The molecule has 2 N–H and O–H groups in total. The van der Waals surface area contributed by atoms with Crippen LogP contribution in [-0.2, 0) is 9.53 Å². The molecule has 2 aromatic carbocycles. The van der Waals surface area contributed by atoms with Crippen molar-refractivity contribution in [1.29, 1.82) is 5.26 Å². The van der Waals surface area contributed by atoms with Crippen LogP contribution >= 0.6 is 11.6 Å². The number of anilines is 2. The van der Waals surface area contributed by atoms with Gasteiger partial charge in [-0.2, -0.15) is 5.26 Å². The van der Waals surface area contributed by atoms with Crippen LogP contribution in [0.1, 0.15) is 17.3 Å². The van der Waals surface area contributed by atoms with Crippen LogP contribution in [0, 0.1) is 11.3 Å². The number of rotatable bonds is 7.